The van der Waals surface area contributed by atoms with Gasteiger partial charge in [-0.15, -0.1) is 0 Å². The van der Waals surface area contributed by atoms with Crippen LogP contribution in [0.15, 0.2) is 24.5 Å². The second-order valence-corrected chi connectivity index (χ2v) is 3.53. The summed E-state index contributed by atoms with van der Waals surface area (Å²) in [6, 6.07) is 3.79. The third-order valence-corrected chi connectivity index (χ3v) is 2.19. The SMILES string of the molecule is CCCc1cn2cc(Cl)ccc2n1. The Bertz CT molecular complexity index is 420. The predicted molar refractivity (Wildman–Crippen MR) is 54.2 cm³/mol. The van der Waals surface area contributed by atoms with Gasteiger partial charge in [-0.3, -0.25) is 0 Å². The minimum Gasteiger partial charge on any atom is -0.305 e. The first-order valence-corrected chi connectivity index (χ1v) is 4.80. The fraction of sp³-hybridized carbons (Fsp3) is 0.300. The summed E-state index contributed by atoms with van der Waals surface area (Å²) < 4.78 is 1.97. The number of aryl methyl sites for hydroxylation is 1. The summed E-state index contributed by atoms with van der Waals surface area (Å²) in [6.45, 7) is 2.15. The third-order valence-electron chi connectivity index (χ3n) is 1.97. The molecular weight excluding hydrogens is 184 g/mol. The largest absolute Gasteiger partial charge is 0.305 e. The van der Waals surface area contributed by atoms with Crippen molar-refractivity contribution in [3.63, 3.8) is 0 Å². The Morgan fingerprint density at radius 3 is 3.00 bits per heavy atom. The highest BCUT2D eigenvalue weighted by molar-refractivity contribution is 6.30. The third kappa shape index (κ3) is 1.68. The lowest BCUT2D eigenvalue weighted by atomic mass is 10.3. The van der Waals surface area contributed by atoms with Crippen molar-refractivity contribution in [3.8, 4) is 0 Å². The van der Waals surface area contributed by atoms with E-state index in [1.165, 1.54) is 0 Å². The van der Waals surface area contributed by atoms with Crippen LogP contribution in [0, 0.1) is 0 Å². The molecule has 0 radical (unpaired) electrons. The highest BCUT2D eigenvalue weighted by atomic mass is 35.5. The molecule has 0 spiro atoms. The topological polar surface area (TPSA) is 17.3 Å². The van der Waals surface area contributed by atoms with Crippen LogP contribution in [0.1, 0.15) is 19.0 Å². The summed E-state index contributed by atoms with van der Waals surface area (Å²) in [7, 11) is 0. The van der Waals surface area contributed by atoms with Crippen LogP contribution in [-0.2, 0) is 6.42 Å². The van der Waals surface area contributed by atoms with E-state index >= 15 is 0 Å². The van der Waals surface area contributed by atoms with E-state index in [1.54, 1.807) is 0 Å². The summed E-state index contributed by atoms with van der Waals surface area (Å²) in [6.07, 6.45) is 6.06. The number of pyridine rings is 1. The van der Waals surface area contributed by atoms with E-state index in [1.807, 2.05) is 28.9 Å². The van der Waals surface area contributed by atoms with E-state index in [0.717, 1.165) is 29.2 Å². The van der Waals surface area contributed by atoms with E-state index < -0.39 is 0 Å². The number of halogens is 1. The van der Waals surface area contributed by atoms with Crippen LogP contribution >= 0.6 is 11.6 Å². The Kier molecular flexibility index (Phi) is 2.23. The van der Waals surface area contributed by atoms with Gasteiger partial charge in [0.1, 0.15) is 5.65 Å². The summed E-state index contributed by atoms with van der Waals surface area (Å²) in [4.78, 5) is 4.45. The molecular formula is C10H11ClN2. The van der Waals surface area contributed by atoms with Gasteiger partial charge < -0.3 is 4.40 Å². The van der Waals surface area contributed by atoms with Crippen molar-refractivity contribution >= 4 is 17.2 Å². The monoisotopic (exact) mass is 194 g/mol. The predicted octanol–water partition coefficient (Wildman–Crippen LogP) is 2.94. The zero-order chi connectivity index (χ0) is 9.26. The Hall–Kier alpha value is -1.02. The quantitative estimate of drug-likeness (QED) is 0.719. The first-order chi connectivity index (χ1) is 6.29. The van der Waals surface area contributed by atoms with Crippen LogP contribution in [0.25, 0.3) is 5.65 Å². The van der Waals surface area contributed by atoms with Gasteiger partial charge in [0.25, 0.3) is 0 Å². The molecule has 2 nitrogen and oxygen atoms in total. The maximum Gasteiger partial charge on any atom is 0.137 e. The molecule has 2 rings (SSSR count). The lowest BCUT2D eigenvalue weighted by molar-refractivity contribution is 0.894. The number of aromatic nitrogens is 2. The molecule has 0 fully saturated rings. The zero-order valence-corrected chi connectivity index (χ0v) is 8.25. The number of hydrogen-bond donors (Lipinski definition) is 0. The molecule has 0 aromatic carbocycles. The zero-order valence-electron chi connectivity index (χ0n) is 7.50. The smallest absolute Gasteiger partial charge is 0.137 e. The van der Waals surface area contributed by atoms with Gasteiger partial charge in [-0.05, 0) is 18.6 Å². The Morgan fingerprint density at radius 1 is 1.38 bits per heavy atom. The molecule has 0 aliphatic heterocycles. The van der Waals surface area contributed by atoms with Gasteiger partial charge in [0, 0.05) is 12.4 Å². The van der Waals surface area contributed by atoms with Crippen LogP contribution in [0.3, 0.4) is 0 Å². The molecule has 0 saturated heterocycles. The van der Waals surface area contributed by atoms with Crippen molar-refractivity contribution in [1.29, 1.82) is 0 Å². The molecule has 0 N–H and O–H groups in total. The normalized spacial score (nSPS) is 10.9. The van der Waals surface area contributed by atoms with Crippen LogP contribution in [0.5, 0.6) is 0 Å². The minimum atomic E-state index is 0.743. The van der Waals surface area contributed by atoms with Gasteiger partial charge in [-0.25, -0.2) is 4.98 Å². The number of fused-ring (bicyclic) bond motifs is 1. The van der Waals surface area contributed by atoms with Crippen molar-refractivity contribution in [3.05, 3.63) is 35.2 Å². The van der Waals surface area contributed by atoms with E-state index in [0.29, 0.717) is 0 Å². The van der Waals surface area contributed by atoms with E-state index in [2.05, 4.69) is 11.9 Å². The number of nitrogens with zero attached hydrogens (tertiary/aromatic N) is 2. The molecule has 0 aliphatic carbocycles. The fourth-order valence-electron chi connectivity index (χ4n) is 1.39. The van der Waals surface area contributed by atoms with Gasteiger partial charge in [0.15, 0.2) is 0 Å². The van der Waals surface area contributed by atoms with Crippen LogP contribution in [-0.4, -0.2) is 9.38 Å². The molecule has 13 heavy (non-hydrogen) atoms. The average molecular weight is 195 g/mol. The van der Waals surface area contributed by atoms with Gasteiger partial charge >= 0.3 is 0 Å². The molecule has 0 aliphatic rings. The molecule has 3 heteroatoms. The molecule has 2 aromatic rings. The molecule has 0 amide bonds. The molecule has 0 unspecified atom stereocenters. The summed E-state index contributed by atoms with van der Waals surface area (Å²) >= 11 is 5.86. The van der Waals surface area contributed by atoms with Gasteiger partial charge in [-0.2, -0.15) is 0 Å². The van der Waals surface area contributed by atoms with Crippen molar-refractivity contribution in [2.45, 2.75) is 19.8 Å². The number of imidazole rings is 1. The van der Waals surface area contributed by atoms with Crippen molar-refractivity contribution in [1.82, 2.24) is 9.38 Å². The second kappa shape index (κ2) is 3.38. The highest BCUT2D eigenvalue weighted by Gasteiger charge is 1.99. The van der Waals surface area contributed by atoms with Gasteiger partial charge in [0.05, 0.1) is 10.7 Å². The van der Waals surface area contributed by atoms with Crippen LogP contribution < -0.4 is 0 Å². The fourth-order valence-corrected chi connectivity index (χ4v) is 1.56. The maximum absolute atomic E-state index is 5.86. The highest BCUT2D eigenvalue weighted by Crippen LogP contribution is 2.12. The lowest BCUT2D eigenvalue weighted by Crippen LogP contribution is -1.80. The van der Waals surface area contributed by atoms with E-state index in [4.69, 9.17) is 11.6 Å². The molecule has 0 atom stereocenters. The van der Waals surface area contributed by atoms with Crippen molar-refractivity contribution < 1.29 is 0 Å². The molecule has 0 bridgehead atoms. The first kappa shape index (κ1) is 8.57. The number of hydrogen-bond acceptors (Lipinski definition) is 1. The van der Waals surface area contributed by atoms with E-state index in [-0.39, 0.29) is 0 Å². The average Bonchev–Trinajstić information content (AvgIpc) is 2.46. The molecule has 2 aromatic heterocycles. The van der Waals surface area contributed by atoms with Gasteiger partial charge in [-0.1, -0.05) is 24.9 Å². The standard InChI is InChI=1S/C10H11ClN2/c1-2-3-9-7-13-6-8(11)4-5-10(13)12-9/h4-7H,2-3H2,1H3. The molecule has 68 valence electrons. The van der Waals surface area contributed by atoms with Crippen molar-refractivity contribution in [2.24, 2.45) is 0 Å². The summed E-state index contributed by atoms with van der Waals surface area (Å²) in [5.74, 6) is 0. The molecule has 0 saturated carbocycles. The van der Waals surface area contributed by atoms with Crippen molar-refractivity contribution in [2.75, 3.05) is 0 Å². The Balaban J connectivity index is 2.49. The second-order valence-electron chi connectivity index (χ2n) is 3.10. The van der Waals surface area contributed by atoms with E-state index in [9.17, 15) is 0 Å². The first-order valence-electron chi connectivity index (χ1n) is 4.42. The summed E-state index contributed by atoms with van der Waals surface area (Å²) in [5, 5.41) is 0.743. The Morgan fingerprint density at radius 2 is 2.23 bits per heavy atom. The number of rotatable bonds is 2. The van der Waals surface area contributed by atoms with Crippen LogP contribution in [0.2, 0.25) is 5.02 Å². The molecule has 2 heterocycles. The summed E-state index contributed by atoms with van der Waals surface area (Å²) in [5.41, 5.74) is 2.10. The van der Waals surface area contributed by atoms with Crippen LogP contribution in [0.4, 0.5) is 0 Å². The minimum absolute atomic E-state index is 0.743. The maximum atomic E-state index is 5.86. The Labute approximate surface area is 82.2 Å². The lowest BCUT2D eigenvalue weighted by Gasteiger charge is -1.91. The van der Waals surface area contributed by atoms with Gasteiger partial charge in [0.2, 0.25) is 0 Å².